The number of piperazine rings is 1. The second-order valence-electron chi connectivity index (χ2n) is 6.87. The molecule has 0 spiro atoms. The summed E-state index contributed by atoms with van der Waals surface area (Å²) in [6, 6.07) is 6.01. The Hall–Kier alpha value is -2.15. The van der Waals surface area contributed by atoms with Crippen LogP contribution >= 0.6 is 0 Å². The standard InChI is InChI=1S/C18H27N5O2/c19-15-5-4-14(13-15)18(25)21-8-6-17(24)23-11-9-22(10-12-23)16-3-1-2-7-20-16/h1-3,7,14-15H,4-6,8-13,19H2,(H,21,25). The van der Waals surface area contributed by atoms with Gasteiger partial charge in [0.15, 0.2) is 0 Å². The third-order valence-electron chi connectivity index (χ3n) is 5.09. The van der Waals surface area contributed by atoms with Gasteiger partial charge in [-0.25, -0.2) is 4.98 Å². The average Bonchev–Trinajstić information content (AvgIpc) is 3.09. The Morgan fingerprint density at radius 3 is 2.64 bits per heavy atom. The van der Waals surface area contributed by atoms with Crippen LogP contribution in [0, 0.1) is 5.92 Å². The van der Waals surface area contributed by atoms with E-state index in [2.05, 4.69) is 15.2 Å². The number of nitrogens with zero attached hydrogens (tertiary/aromatic N) is 3. The minimum absolute atomic E-state index is 0.0204. The molecule has 0 bridgehead atoms. The van der Waals surface area contributed by atoms with Gasteiger partial charge in [0.1, 0.15) is 5.82 Å². The summed E-state index contributed by atoms with van der Waals surface area (Å²) in [7, 11) is 0. The van der Waals surface area contributed by atoms with Gasteiger partial charge in [-0.15, -0.1) is 0 Å². The van der Waals surface area contributed by atoms with Gasteiger partial charge in [0, 0.05) is 57.3 Å². The molecule has 1 saturated heterocycles. The summed E-state index contributed by atoms with van der Waals surface area (Å²) in [6.07, 6.45) is 4.67. The molecule has 0 radical (unpaired) electrons. The Balaban J connectivity index is 1.36. The van der Waals surface area contributed by atoms with E-state index in [9.17, 15) is 9.59 Å². The SMILES string of the molecule is NC1CCC(C(=O)NCCC(=O)N2CCN(c3ccccn3)CC2)C1. The number of nitrogens with one attached hydrogen (secondary N) is 1. The van der Waals surface area contributed by atoms with Crippen LogP contribution in [0.5, 0.6) is 0 Å². The molecule has 2 unspecified atom stereocenters. The van der Waals surface area contributed by atoms with Crippen LogP contribution < -0.4 is 16.0 Å². The molecule has 1 aromatic rings. The fraction of sp³-hybridized carbons (Fsp3) is 0.611. The Kier molecular flexibility index (Phi) is 5.86. The van der Waals surface area contributed by atoms with Crippen molar-refractivity contribution in [2.45, 2.75) is 31.7 Å². The van der Waals surface area contributed by atoms with Gasteiger partial charge in [0.25, 0.3) is 0 Å². The van der Waals surface area contributed by atoms with Crippen molar-refractivity contribution in [3.8, 4) is 0 Å². The number of pyridine rings is 1. The molecule has 0 aromatic carbocycles. The van der Waals surface area contributed by atoms with Gasteiger partial charge < -0.3 is 20.9 Å². The number of hydrogen-bond donors (Lipinski definition) is 2. The molecule has 1 saturated carbocycles. The van der Waals surface area contributed by atoms with Crippen LogP contribution in [0.15, 0.2) is 24.4 Å². The van der Waals surface area contributed by atoms with Gasteiger partial charge in [-0.3, -0.25) is 9.59 Å². The highest BCUT2D eigenvalue weighted by Crippen LogP contribution is 2.24. The maximum absolute atomic E-state index is 12.3. The maximum atomic E-state index is 12.3. The van der Waals surface area contributed by atoms with Gasteiger partial charge in [-0.05, 0) is 31.4 Å². The zero-order valence-electron chi connectivity index (χ0n) is 14.6. The normalized spacial score (nSPS) is 23.6. The average molecular weight is 345 g/mol. The first-order valence-corrected chi connectivity index (χ1v) is 9.10. The van der Waals surface area contributed by atoms with E-state index in [0.29, 0.717) is 26.1 Å². The number of aromatic nitrogens is 1. The van der Waals surface area contributed by atoms with Crippen LogP contribution in [-0.4, -0.2) is 60.5 Å². The highest BCUT2D eigenvalue weighted by molar-refractivity contribution is 5.81. The summed E-state index contributed by atoms with van der Waals surface area (Å²) in [5, 5.41) is 2.89. The highest BCUT2D eigenvalue weighted by Gasteiger charge is 2.28. The number of hydrogen-bond acceptors (Lipinski definition) is 5. The summed E-state index contributed by atoms with van der Waals surface area (Å²) in [5.41, 5.74) is 5.84. The first-order chi connectivity index (χ1) is 12.1. The number of nitrogens with two attached hydrogens (primary N) is 1. The molecule has 2 heterocycles. The van der Waals surface area contributed by atoms with Crippen LogP contribution in [0.4, 0.5) is 5.82 Å². The lowest BCUT2D eigenvalue weighted by Crippen LogP contribution is -2.49. The van der Waals surface area contributed by atoms with Gasteiger partial charge in [-0.2, -0.15) is 0 Å². The molecule has 1 aromatic heterocycles. The van der Waals surface area contributed by atoms with Crippen molar-refractivity contribution < 1.29 is 9.59 Å². The van der Waals surface area contributed by atoms with Crippen LogP contribution in [0.2, 0.25) is 0 Å². The second kappa shape index (κ2) is 8.29. The van der Waals surface area contributed by atoms with Crippen LogP contribution in [-0.2, 0) is 9.59 Å². The molecule has 3 N–H and O–H groups in total. The number of anilines is 1. The van der Waals surface area contributed by atoms with E-state index in [1.807, 2.05) is 23.1 Å². The maximum Gasteiger partial charge on any atom is 0.224 e. The third kappa shape index (κ3) is 4.69. The molecule has 7 nitrogen and oxygen atoms in total. The first-order valence-electron chi connectivity index (χ1n) is 9.10. The molecule has 7 heteroatoms. The Morgan fingerprint density at radius 2 is 2.00 bits per heavy atom. The van der Waals surface area contributed by atoms with Crippen molar-refractivity contribution in [2.24, 2.45) is 11.7 Å². The molecule has 25 heavy (non-hydrogen) atoms. The van der Waals surface area contributed by atoms with Crippen molar-refractivity contribution in [3.05, 3.63) is 24.4 Å². The van der Waals surface area contributed by atoms with Crippen molar-refractivity contribution in [1.82, 2.24) is 15.2 Å². The molecule has 2 aliphatic rings. The molecule has 2 amide bonds. The van der Waals surface area contributed by atoms with Crippen LogP contribution in [0.25, 0.3) is 0 Å². The number of carbonyl (C=O) groups excluding carboxylic acids is 2. The van der Waals surface area contributed by atoms with E-state index in [1.54, 1.807) is 6.20 Å². The summed E-state index contributed by atoms with van der Waals surface area (Å²) in [6.45, 7) is 3.37. The second-order valence-corrected chi connectivity index (χ2v) is 6.87. The van der Waals surface area contributed by atoms with E-state index in [0.717, 1.165) is 38.2 Å². The van der Waals surface area contributed by atoms with E-state index < -0.39 is 0 Å². The first kappa shape index (κ1) is 17.7. The molecule has 136 valence electrons. The fourth-order valence-corrected chi connectivity index (χ4v) is 3.58. The van der Waals surface area contributed by atoms with Gasteiger partial charge in [0.05, 0.1) is 0 Å². The molecule has 1 aliphatic carbocycles. The van der Waals surface area contributed by atoms with E-state index in [-0.39, 0.29) is 23.8 Å². The molecule has 2 atom stereocenters. The monoisotopic (exact) mass is 345 g/mol. The van der Waals surface area contributed by atoms with Gasteiger partial charge >= 0.3 is 0 Å². The van der Waals surface area contributed by atoms with Crippen molar-refractivity contribution in [2.75, 3.05) is 37.6 Å². The molecule has 2 fully saturated rings. The Morgan fingerprint density at radius 1 is 1.20 bits per heavy atom. The quantitative estimate of drug-likeness (QED) is 0.804. The van der Waals surface area contributed by atoms with Crippen molar-refractivity contribution >= 4 is 17.6 Å². The van der Waals surface area contributed by atoms with Crippen LogP contribution in [0.1, 0.15) is 25.7 Å². The summed E-state index contributed by atoms with van der Waals surface area (Å²) in [4.78, 5) is 32.8. The lowest BCUT2D eigenvalue weighted by atomic mass is 10.1. The van der Waals surface area contributed by atoms with Crippen molar-refractivity contribution in [3.63, 3.8) is 0 Å². The predicted molar refractivity (Wildman–Crippen MR) is 96.0 cm³/mol. The summed E-state index contributed by atoms with van der Waals surface area (Å²) >= 11 is 0. The summed E-state index contributed by atoms with van der Waals surface area (Å²) < 4.78 is 0. The fourth-order valence-electron chi connectivity index (χ4n) is 3.58. The lowest BCUT2D eigenvalue weighted by Gasteiger charge is -2.35. The zero-order chi connectivity index (χ0) is 17.6. The molecular weight excluding hydrogens is 318 g/mol. The smallest absolute Gasteiger partial charge is 0.224 e. The van der Waals surface area contributed by atoms with E-state index in [4.69, 9.17) is 5.73 Å². The van der Waals surface area contributed by atoms with E-state index in [1.165, 1.54) is 0 Å². The minimum atomic E-state index is 0.0204. The highest BCUT2D eigenvalue weighted by atomic mass is 16.2. The molecular formula is C18H27N5O2. The minimum Gasteiger partial charge on any atom is -0.355 e. The Bertz CT molecular complexity index is 586. The Labute approximate surface area is 148 Å². The van der Waals surface area contributed by atoms with E-state index >= 15 is 0 Å². The molecule has 1 aliphatic heterocycles. The topological polar surface area (TPSA) is 91.6 Å². The number of amides is 2. The largest absolute Gasteiger partial charge is 0.355 e. The van der Waals surface area contributed by atoms with Gasteiger partial charge in [-0.1, -0.05) is 6.07 Å². The predicted octanol–water partition coefficient (Wildman–Crippen LogP) is 0.364. The van der Waals surface area contributed by atoms with Gasteiger partial charge in [0.2, 0.25) is 11.8 Å². The lowest BCUT2D eigenvalue weighted by molar-refractivity contribution is -0.131. The summed E-state index contributed by atoms with van der Waals surface area (Å²) in [5.74, 6) is 1.12. The van der Waals surface area contributed by atoms with Crippen molar-refractivity contribution in [1.29, 1.82) is 0 Å². The molecule has 3 rings (SSSR count). The number of rotatable bonds is 5. The van der Waals surface area contributed by atoms with Crippen LogP contribution in [0.3, 0.4) is 0 Å². The zero-order valence-corrected chi connectivity index (χ0v) is 14.6. The third-order valence-corrected chi connectivity index (χ3v) is 5.09. The number of carbonyl (C=O) groups is 2.